The normalized spacial score (nSPS) is 20.7. The van der Waals surface area contributed by atoms with Crippen LogP contribution in [-0.4, -0.2) is 89.0 Å². The molecule has 1 fully saturated rings. The maximum absolute atomic E-state index is 12.7. The molecule has 0 aromatic rings. The third-order valence-electron chi connectivity index (χ3n) is 10.1. The van der Waals surface area contributed by atoms with Gasteiger partial charge < -0.3 is 39.4 Å². The fourth-order valence-electron chi connectivity index (χ4n) is 6.47. The van der Waals surface area contributed by atoms with E-state index in [2.05, 4.69) is 74.6 Å². The molecule has 1 saturated heterocycles. The molecule has 0 aromatic heterocycles. The van der Waals surface area contributed by atoms with Crippen LogP contribution in [0.1, 0.15) is 168 Å². The Balaban J connectivity index is 2.32. The van der Waals surface area contributed by atoms with Crippen molar-refractivity contribution in [2.45, 2.75) is 205 Å². The van der Waals surface area contributed by atoms with E-state index in [1.54, 1.807) is 0 Å². The summed E-state index contributed by atoms with van der Waals surface area (Å²) in [7, 11) is 0. The van der Waals surface area contributed by atoms with Crippen LogP contribution >= 0.6 is 0 Å². The highest BCUT2D eigenvalue weighted by Gasteiger charge is 2.44. The monoisotopic (exact) mass is 831 g/mol. The molecule has 338 valence electrons. The van der Waals surface area contributed by atoms with E-state index in [1.807, 2.05) is 12.2 Å². The molecule has 10 nitrogen and oxygen atoms in total. The molecule has 10 heteroatoms. The largest absolute Gasteiger partial charge is 0.462 e. The van der Waals surface area contributed by atoms with E-state index in [4.69, 9.17) is 18.9 Å². The number of hydrogen-bond donors (Lipinski definition) is 4. The first-order chi connectivity index (χ1) is 28.8. The van der Waals surface area contributed by atoms with Gasteiger partial charge in [-0.05, 0) is 70.6 Å². The molecule has 1 aliphatic heterocycles. The minimum atomic E-state index is -1.61. The lowest BCUT2D eigenvalue weighted by Gasteiger charge is -2.39. The van der Waals surface area contributed by atoms with Crippen LogP contribution in [0, 0.1) is 0 Å². The minimum Gasteiger partial charge on any atom is -0.462 e. The molecule has 1 aliphatic rings. The molecule has 0 radical (unpaired) electrons. The first-order valence-corrected chi connectivity index (χ1v) is 23.0. The molecule has 0 amide bonds. The molecular formula is C49H82O10. The lowest BCUT2D eigenvalue weighted by Crippen LogP contribution is -2.59. The van der Waals surface area contributed by atoms with Gasteiger partial charge in [0, 0.05) is 12.8 Å². The summed E-state index contributed by atoms with van der Waals surface area (Å²) in [5.74, 6) is -0.911. The Morgan fingerprint density at radius 3 is 1.58 bits per heavy atom. The molecule has 0 bridgehead atoms. The molecule has 4 N–H and O–H groups in total. The SMILES string of the molecule is CC/C=C\C/C=C\C/C=C\C/C=C\CCC(=O)OC(COC(=O)CCCCCCCCCCC/C=C\C/C=C\CCCCCCC)COC1OC(CO)C(O)C(O)C1O. The van der Waals surface area contributed by atoms with E-state index in [-0.39, 0.29) is 26.1 Å². The Bertz CT molecular complexity index is 1190. The second kappa shape index (κ2) is 39.3. The Hall–Kier alpha value is -2.86. The molecular weight excluding hydrogens is 749 g/mol. The van der Waals surface area contributed by atoms with Crippen molar-refractivity contribution in [3.8, 4) is 0 Å². The number of hydrogen-bond acceptors (Lipinski definition) is 10. The summed E-state index contributed by atoms with van der Waals surface area (Å²) < 4.78 is 22.1. The molecule has 6 unspecified atom stereocenters. The lowest BCUT2D eigenvalue weighted by atomic mass is 9.99. The summed E-state index contributed by atoms with van der Waals surface area (Å²) in [4.78, 5) is 25.3. The summed E-state index contributed by atoms with van der Waals surface area (Å²) in [6.45, 7) is 3.21. The number of rotatable bonds is 37. The van der Waals surface area contributed by atoms with Crippen LogP contribution in [-0.2, 0) is 28.5 Å². The summed E-state index contributed by atoms with van der Waals surface area (Å²) in [6.07, 6.45) is 42.1. The van der Waals surface area contributed by atoms with Gasteiger partial charge >= 0.3 is 11.9 Å². The Kier molecular flexibility index (Phi) is 36.1. The second-order valence-electron chi connectivity index (χ2n) is 15.5. The minimum absolute atomic E-state index is 0.105. The standard InChI is InChI=1S/C49H82O10/c1-3-5-7-9-11-13-15-17-18-19-20-21-22-23-24-26-27-29-31-33-35-37-44(51)56-40-42(41-57-49-48(55)47(54)46(53)43(39-50)59-49)58-45(52)38-36-34-32-30-28-25-16-14-12-10-8-6-4-2/h6,8,12,14-15,17,19-20,25,28,32,34,42-43,46-50,53-55H,3-5,7,9-11,13,16,18,21-24,26-27,29-31,33,35-41H2,1-2H3/b8-6-,14-12-,17-15-,20-19-,28-25-,34-32-. The first-order valence-electron chi connectivity index (χ1n) is 23.0. The Labute approximate surface area is 357 Å². The van der Waals surface area contributed by atoms with E-state index < -0.39 is 55.4 Å². The lowest BCUT2D eigenvalue weighted by molar-refractivity contribution is -0.305. The fraction of sp³-hybridized carbons (Fsp3) is 0.714. The van der Waals surface area contributed by atoms with Crippen LogP contribution in [0.4, 0.5) is 0 Å². The van der Waals surface area contributed by atoms with Crippen molar-refractivity contribution in [3.05, 3.63) is 72.9 Å². The zero-order chi connectivity index (χ0) is 43.0. The van der Waals surface area contributed by atoms with Gasteiger partial charge in [-0.15, -0.1) is 0 Å². The van der Waals surface area contributed by atoms with E-state index in [0.29, 0.717) is 12.8 Å². The van der Waals surface area contributed by atoms with E-state index in [9.17, 15) is 30.0 Å². The fourth-order valence-corrected chi connectivity index (χ4v) is 6.47. The highest BCUT2D eigenvalue weighted by Crippen LogP contribution is 2.22. The van der Waals surface area contributed by atoms with Gasteiger partial charge in [0.25, 0.3) is 0 Å². The molecule has 1 heterocycles. The molecule has 0 aromatic carbocycles. The third-order valence-corrected chi connectivity index (χ3v) is 10.1. The first kappa shape index (κ1) is 54.2. The molecule has 1 rings (SSSR count). The van der Waals surface area contributed by atoms with Crippen molar-refractivity contribution in [2.75, 3.05) is 19.8 Å². The zero-order valence-electron chi connectivity index (χ0n) is 36.7. The highest BCUT2D eigenvalue weighted by atomic mass is 16.7. The molecule has 0 saturated carbocycles. The van der Waals surface area contributed by atoms with Crippen LogP contribution in [0.25, 0.3) is 0 Å². The number of carbonyl (C=O) groups is 2. The van der Waals surface area contributed by atoms with Gasteiger partial charge in [0.15, 0.2) is 12.4 Å². The maximum Gasteiger partial charge on any atom is 0.306 e. The van der Waals surface area contributed by atoms with Crippen LogP contribution in [0.5, 0.6) is 0 Å². The highest BCUT2D eigenvalue weighted by molar-refractivity contribution is 5.70. The summed E-state index contributed by atoms with van der Waals surface area (Å²) in [5.41, 5.74) is 0. The summed E-state index contributed by atoms with van der Waals surface area (Å²) >= 11 is 0. The molecule has 0 spiro atoms. The molecule has 6 atom stereocenters. The topological polar surface area (TPSA) is 152 Å². The van der Waals surface area contributed by atoms with Gasteiger partial charge in [-0.25, -0.2) is 0 Å². The van der Waals surface area contributed by atoms with Gasteiger partial charge in [-0.3, -0.25) is 9.59 Å². The average molecular weight is 831 g/mol. The van der Waals surface area contributed by atoms with Crippen molar-refractivity contribution in [1.29, 1.82) is 0 Å². The number of ether oxygens (including phenoxy) is 4. The van der Waals surface area contributed by atoms with Gasteiger partial charge in [0.2, 0.25) is 0 Å². The third kappa shape index (κ3) is 30.8. The number of aliphatic hydroxyl groups excluding tert-OH is 4. The molecule has 59 heavy (non-hydrogen) atoms. The molecule has 0 aliphatic carbocycles. The predicted molar refractivity (Wildman–Crippen MR) is 238 cm³/mol. The van der Waals surface area contributed by atoms with Gasteiger partial charge in [0.05, 0.1) is 13.2 Å². The number of allylic oxidation sites excluding steroid dienone is 12. The van der Waals surface area contributed by atoms with E-state index in [1.165, 1.54) is 70.6 Å². The smallest absolute Gasteiger partial charge is 0.306 e. The quantitative estimate of drug-likeness (QED) is 0.0271. The Morgan fingerprint density at radius 2 is 1.03 bits per heavy atom. The van der Waals surface area contributed by atoms with Crippen molar-refractivity contribution in [3.63, 3.8) is 0 Å². The van der Waals surface area contributed by atoms with Crippen molar-refractivity contribution >= 4 is 11.9 Å². The number of unbranched alkanes of at least 4 members (excludes halogenated alkanes) is 14. The van der Waals surface area contributed by atoms with Gasteiger partial charge in [0.1, 0.15) is 31.0 Å². The van der Waals surface area contributed by atoms with Crippen molar-refractivity contribution < 1.29 is 49.0 Å². The van der Waals surface area contributed by atoms with Crippen LogP contribution < -0.4 is 0 Å². The number of aliphatic hydroxyl groups is 4. The predicted octanol–water partition coefficient (Wildman–Crippen LogP) is 10.00. The van der Waals surface area contributed by atoms with E-state index in [0.717, 1.165) is 57.8 Å². The summed E-state index contributed by atoms with van der Waals surface area (Å²) in [6, 6.07) is 0. The van der Waals surface area contributed by atoms with Crippen LogP contribution in [0.2, 0.25) is 0 Å². The van der Waals surface area contributed by atoms with Crippen LogP contribution in [0.3, 0.4) is 0 Å². The number of esters is 2. The van der Waals surface area contributed by atoms with E-state index >= 15 is 0 Å². The van der Waals surface area contributed by atoms with Gasteiger partial charge in [-0.2, -0.15) is 0 Å². The summed E-state index contributed by atoms with van der Waals surface area (Å²) in [5, 5.41) is 40.0. The van der Waals surface area contributed by atoms with Crippen molar-refractivity contribution in [2.24, 2.45) is 0 Å². The van der Waals surface area contributed by atoms with Crippen molar-refractivity contribution in [1.82, 2.24) is 0 Å². The van der Waals surface area contributed by atoms with Crippen LogP contribution in [0.15, 0.2) is 72.9 Å². The average Bonchev–Trinajstić information content (AvgIpc) is 3.23. The zero-order valence-corrected chi connectivity index (χ0v) is 36.7. The Morgan fingerprint density at radius 1 is 0.542 bits per heavy atom. The second-order valence-corrected chi connectivity index (χ2v) is 15.5. The van der Waals surface area contributed by atoms with Gasteiger partial charge in [-0.1, -0.05) is 157 Å². The number of carbonyl (C=O) groups excluding carboxylic acids is 2. The maximum atomic E-state index is 12.7.